The van der Waals surface area contributed by atoms with Gasteiger partial charge < -0.3 is 39.8 Å². The molecule has 2 atom stereocenters. The fourth-order valence-corrected chi connectivity index (χ4v) is 7.68. The number of piperidine rings is 1. The SMILES string of the molecule is CCOc1cc(O)c(C(=O)/C=C/c2ccc(NCCOCCOCCOCCOc3cccc4c3C(=O)N(C3CCC(=O)NC3=O)C4=O)cc2Cl)cc1CN1CCCC1C(N)=O. The molecule has 0 spiro atoms. The number of halogens is 1. The van der Waals surface area contributed by atoms with Crippen LogP contribution in [-0.4, -0.2) is 128 Å². The van der Waals surface area contributed by atoms with E-state index >= 15 is 0 Å². The van der Waals surface area contributed by atoms with E-state index in [9.17, 15) is 33.9 Å². The number of nitrogens with zero attached hydrogens (tertiary/aromatic N) is 2. The van der Waals surface area contributed by atoms with E-state index in [4.69, 9.17) is 41.0 Å². The van der Waals surface area contributed by atoms with Crippen molar-refractivity contribution in [1.82, 2.24) is 15.1 Å². The Morgan fingerprint density at radius 1 is 0.919 bits per heavy atom. The van der Waals surface area contributed by atoms with Crippen LogP contribution < -0.4 is 25.8 Å². The summed E-state index contributed by atoms with van der Waals surface area (Å²) in [5.74, 6) is -2.75. The number of likely N-dealkylation sites (tertiary alicyclic amines) is 1. The number of nitrogens with two attached hydrogens (primary N) is 1. The summed E-state index contributed by atoms with van der Waals surface area (Å²) in [6.45, 7) is 5.76. The Morgan fingerprint density at radius 2 is 1.66 bits per heavy atom. The van der Waals surface area contributed by atoms with Gasteiger partial charge in [0.1, 0.15) is 29.9 Å². The highest BCUT2D eigenvalue weighted by Crippen LogP contribution is 2.35. The summed E-state index contributed by atoms with van der Waals surface area (Å²) in [5.41, 5.74) is 7.95. The van der Waals surface area contributed by atoms with Crippen molar-refractivity contribution in [3.05, 3.63) is 87.4 Å². The van der Waals surface area contributed by atoms with Crippen LogP contribution in [0.15, 0.2) is 54.6 Å². The van der Waals surface area contributed by atoms with Crippen LogP contribution in [0.3, 0.4) is 0 Å². The molecule has 0 aliphatic carbocycles. The van der Waals surface area contributed by atoms with Gasteiger partial charge in [0.25, 0.3) is 11.8 Å². The average Bonchev–Trinajstić information content (AvgIpc) is 3.82. The van der Waals surface area contributed by atoms with Crippen LogP contribution in [0, 0.1) is 0 Å². The maximum atomic E-state index is 13.2. The quantitative estimate of drug-likeness (QED) is 0.0461. The number of allylic oxidation sites excluding steroid dienone is 1. The third kappa shape index (κ3) is 11.3. The van der Waals surface area contributed by atoms with Crippen molar-refractivity contribution in [1.29, 1.82) is 0 Å². The minimum atomic E-state index is -1.06. The Labute approximate surface area is 363 Å². The monoisotopic (exact) mass is 875 g/mol. The molecule has 6 rings (SSSR count). The zero-order chi connectivity index (χ0) is 44.2. The normalized spacial score (nSPS) is 17.7. The highest BCUT2D eigenvalue weighted by molar-refractivity contribution is 6.32. The molecule has 2 saturated heterocycles. The van der Waals surface area contributed by atoms with Gasteiger partial charge in [-0.15, -0.1) is 0 Å². The summed E-state index contributed by atoms with van der Waals surface area (Å²) in [6.07, 6.45) is 4.53. The van der Waals surface area contributed by atoms with Crippen molar-refractivity contribution in [2.75, 3.05) is 71.3 Å². The number of nitrogens with one attached hydrogen (secondary N) is 2. The maximum Gasteiger partial charge on any atom is 0.266 e. The molecule has 3 aliphatic heterocycles. The Bertz CT molecular complexity index is 2200. The highest BCUT2D eigenvalue weighted by atomic mass is 35.5. The van der Waals surface area contributed by atoms with E-state index in [0.29, 0.717) is 87.6 Å². The summed E-state index contributed by atoms with van der Waals surface area (Å²) >= 11 is 6.53. The molecular weight excluding hydrogens is 826 g/mol. The number of anilines is 1. The van der Waals surface area contributed by atoms with E-state index in [-0.39, 0.29) is 54.2 Å². The molecule has 0 aromatic heterocycles. The highest BCUT2D eigenvalue weighted by Gasteiger charge is 2.46. The first-order valence-electron chi connectivity index (χ1n) is 20.4. The minimum Gasteiger partial charge on any atom is -0.507 e. The predicted molar refractivity (Wildman–Crippen MR) is 226 cm³/mol. The van der Waals surface area contributed by atoms with Crippen molar-refractivity contribution in [2.24, 2.45) is 5.73 Å². The molecule has 330 valence electrons. The van der Waals surface area contributed by atoms with Crippen molar-refractivity contribution in [3.63, 3.8) is 0 Å². The van der Waals surface area contributed by atoms with E-state index in [2.05, 4.69) is 10.6 Å². The molecule has 0 radical (unpaired) electrons. The van der Waals surface area contributed by atoms with Gasteiger partial charge >= 0.3 is 0 Å². The molecule has 2 fully saturated rings. The zero-order valence-electron chi connectivity index (χ0n) is 34.3. The first-order valence-corrected chi connectivity index (χ1v) is 20.8. The standard InChI is InChI=1S/C44H50ClN5O12/c1-2-61-38-25-36(52)31(23-28(38)26-49-15-4-6-33(49)41(46)54)35(51)12-9-27-8-10-29(24-32(27)45)47-14-16-58-17-18-59-19-20-60-21-22-62-37-7-3-5-30-40(37)44(57)50(43(30)56)34-11-13-39(53)48-42(34)55/h3,5,7-10,12,23-25,33-34,47,52H,2,4,6,11,13-22,26H2,1H3,(H2,46,54)(H,48,53,55)/b12-9+. The van der Waals surface area contributed by atoms with E-state index in [1.165, 1.54) is 18.2 Å². The number of carbonyl (C=O) groups excluding carboxylic acids is 6. The van der Waals surface area contributed by atoms with Crippen molar-refractivity contribution in [3.8, 4) is 17.2 Å². The number of amides is 5. The number of aromatic hydroxyl groups is 1. The molecule has 3 aromatic rings. The summed E-state index contributed by atoms with van der Waals surface area (Å²) in [5, 5.41) is 16.5. The Balaban J connectivity index is 0.847. The molecule has 0 bridgehead atoms. The lowest BCUT2D eigenvalue weighted by molar-refractivity contribution is -0.136. The number of primary amides is 1. The average molecular weight is 876 g/mol. The number of carbonyl (C=O) groups is 6. The van der Waals surface area contributed by atoms with Gasteiger partial charge in [0.15, 0.2) is 5.78 Å². The lowest BCUT2D eigenvalue weighted by atomic mass is 10.0. The van der Waals surface area contributed by atoms with Gasteiger partial charge in [-0.2, -0.15) is 0 Å². The van der Waals surface area contributed by atoms with Gasteiger partial charge in [-0.3, -0.25) is 43.9 Å². The number of ether oxygens (including phenoxy) is 5. The molecule has 5 N–H and O–H groups in total. The fraction of sp³-hybridized carbons (Fsp3) is 0.409. The van der Waals surface area contributed by atoms with E-state index < -0.39 is 47.4 Å². The number of imide groups is 2. The van der Waals surface area contributed by atoms with Gasteiger partial charge in [0.2, 0.25) is 17.7 Å². The van der Waals surface area contributed by atoms with Crippen molar-refractivity contribution < 1.29 is 57.6 Å². The molecule has 5 amide bonds. The summed E-state index contributed by atoms with van der Waals surface area (Å²) in [7, 11) is 0. The van der Waals surface area contributed by atoms with Gasteiger partial charge in [0.05, 0.1) is 69.0 Å². The fourth-order valence-electron chi connectivity index (χ4n) is 7.43. The van der Waals surface area contributed by atoms with Crippen LogP contribution in [0.25, 0.3) is 6.08 Å². The molecule has 3 aliphatic rings. The maximum absolute atomic E-state index is 13.2. The summed E-state index contributed by atoms with van der Waals surface area (Å²) in [4.78, 5) is 78.1. The molecule has 3 heterocycles. The molecule has 17 nitrogen and oxygen atoms in total. The third-order valence-corrected chi connectivity index (χ3v) is 10.8. The van der Waals surface area contributed by atoms with Crippen LogP contribution in [0.2, 0.25) is 5.02 Å². The second-order valence-electron chi connectivity index (χ2n) is 14.6. The number of phenolic OH excluding ortho intramolecular Hbond substituents is 1. The van der Waals surface area contributed by atoms with Crippen molar-refractivity contribution in [2.45, 2.75) is 51.2 Å². The van der Waals surface area contributed by atoms with Crippen LogP contribution in [-0.2, 0) is 35.1 Å². The van der Waals surface area contributed by atoms with Crippen LogP contribution in [0.1, 0.15) is 74.8 Å². The molecule has 2 unspecified atom stereocenters. The van der Waals surface area contributed by atoms with Gasteiger partial charge in [0, 0.05) is 41.9 Å². The third-order valence-electron chi connectivity index (χ3n) is 10.5. The smallest absolute Gasteiger partial charge is 0.266 e. The first kappa shape index (κ1) is 45.7. The molecule has 3 aromatic carbocycles. The van der Waals surface area contributed by atoms with Crippen LogP contribution in [0.5, 0.6) is 17.2 Å². The molecule has 0 saturated carbocycles. The Hall–Kier alpha value is -5.85. The second-order valence-corrected chi connectivity index (χ2v) is 15.0. The van der Waals surface area contributed by atoms with E-state index in [1.807, 2.05) is 17.9 Å². The van der Waals surface area contributed by atoms with E-state index in [0.717, 1.165) is 17.0 Å². The minimum absolute atomic E-state index is 0.0346. The van der Waals surface area contributed by atoms with Gasteiger partial charge in [-0.25, -0.2) is 0 Å². The molecule has 62 heavy (non-hydrogen) atoms. The lowest BCUT2D eigenvalue weighted by Gasteiger charge is -2.27. The number of fused-ring (bicyclic) bond motifs is 1. The lowest BCUT2D eigenvalue weighted by Crippen LogP contribution is -2.54. The Morgan fingerprint density at radius 3 is 2.37 bits per heavy atom. The number of hydrogen-bond donors (Lipinski definition) is 4. The zero-order valence-corrected chi connectivity index (χ0v) is 35.1. The predicted octanol–water partition coefficient (Wildman–Crippen LogP) is 3.73. The number of ketones is 1. The number of phenols is 1. The van der Waals surface area contributed by atoms with Crippen molar-refractivity contribution >= 4 is 58.7 Å². The largest absolute Gasteiger partial charge is 0.507 e. The second kappa shape index (κ2) is 21.8. The van der Waals surface area contributed by atoms with Gasteiger partial charge in [-0.1, -0.05) is 23.7 Å². The van der Waals surface area contributed by atoms with Crippen LogP contribution in [0.4, 0.5) is 5.69 Å². The molecular formula is C44H50ClN5O12. The van der Waals surface area contributed by atoms with Crippen LogP contribution >= 0.6 is 11.6 Å². The number of rotatable bonds is 23. The number of benzene rings is 3. The Kier molecular flexibility index (Phi) is 16.1. The summed E-state index contributed by atoms with van der Waals surface area (Å²) < 4.78 is 28.2. The topological polar surface area (TPSA) is 225 Å². The van der Waals surface area contributed by atoms with Gasteiger partial charge in [-0.05, 0) is 80.8 Å². The summed E-state index contributed by atoms with van der Waals surface area (Å²) in [6, 6.07) is 11.6. The molecule has 18 heteroatoms. The number of hydrogen-bond acceptors (Lipinski definition) is 14. The van der Waals surface area contributed by atoms with E-state index in [1.54, 1.807) is 36.4 Å². The first-order chi connectivity index (χ1) is 30.0.